The molecule has 0 heterocycles. The first-order valence-corrected chi connectivity index (χ1v) is 12.2. The van der Waals surface area contributed by atoms with E-state index in [-0.39, 0.29) is 7.43 Å². The van der Waals surface area contributed by atoms with Gasteiger partial charge in [0.15, 0.2) is 0 Å². The van der Waals surface area contributed by atoms with Crippen LogP contribution in [-0.2, 0) is 56.9 Å². The summed E-state index contributed by atoms with van der Waals surface area (Å²) in [6.07, 6.45) is 0. The Morgan fingerprint density at radius 1 is 1.07 bits per heavy atom. The van der Waals surface area contributed by atoms with E-state index in [0.717, 1.165) is 0 Å². The third-order valence-electron chi connectivity index (χ3n) is 0.189. The van der Waals surface area contributed by atoms with Crippen molar-refractivity contribution >= 4 is 39.5 Å². The summed E-state index contributed by atoms with van der Waals surface area (Å²) < 4.78 is 57.5. The average molecular weight is 572 g/mol. The minimum absolute atomic E-state index is 0. The van der Waals surface area contributed by atoms with Crippen LogP contribution in [0, 0.1) is 0 Å². The van der Waals surface area contributed by atoms with E-state index in [2.05, 4.69) is 0 Å². The molecule has 0 spiro atoms. The molecule has 12 heteroatoms. The van der Waals surface area contributed by atoms with Gasteiger partial charge in [-0.1, -0.05) is 7.43 Å². The van der Waals surface area contributed by atoms with Crippen LogP contribution in [0.3, 0.4) is 0 Å². The van der Waals surface area contributed by atoms with Gasteiger partial charge in [0, 0.05) is 10.7 Å². The average Bonchev–Trinajstić information content (AvgIpc) is 1.88. The Balaban J connectivity index is -0.0000000620. The van der Waals surface area contributed by atoms with Gasteiger partial charge in [0.1, 0.15) is 0 Å². The van der Waals surface area contributed by atoms with E-state index in [0.29, 0.717) is 0 Å². The summed E-state index contributed by atoms with van der Waals surface area (Å²) in [6, 6.07) is 0. The van der Waals surface area contributed by atoms with Crippen LogP contribution in [0.2, 0.25) is 0 Å². The normalized spacial score (nSPS) is 9.93. The van der Waals surface area contributed by atoms with Gasteiger partial charge in [0.25, 0.3) is 0 Å². The summed E-state index contributed by atoms with van der Waals surface area (Å²) in [5, 5.41) is 0. The van der Waals surface area contributed by atoms with Crippen LogP contribution in [0.4, 0.5) is 13.2 Å². The summed E-state index contributed by atoms with van der Waals surface area (Å²) in [4.78, 5) is 0. The van der Waals surface area contributed by atoms with E-state index >= 15 is 0 Å². The van der Waals surface area contributed by atoms with Crippen molar-refractivity contribution in [2.24, 2.45) is 0 Å². The predicted molar refractivity (Wildman–Crippen MR) is 39.8 cm³/mol. The van der Waals surface area contributed by atoms with Crippen LogP contribution in [0.5, 0.6) is 0 Å². The molecule has 0 fully saturated rings. The van der Waals surface area contributed by atoms with Crippen LogP contribution in [0.1, 0.15) is 7.43 Å². The van der Waals surface area contributed by atoms with Crippen molar-refractivity contribution in [3.05, 3.63) is 0 Å². The number of alkyl halides is 3. The molecule has 0 unspecified atom stereocenters. The molecule has 0 saturated carbocycles. The standard InChI is InChI=1S/CF3O2S.CH4.Ag.3ClH.Ir.O/c2-1(3,4)7(5)6;;;;;;;/h;1H4;;3*1H;;/q-1;;;;;;+3;/p-3. The molecule has 0 N–H and O–H groups in total. The molecule has 0 amide bonds. The van der Waals surface area contributed by atoms with Crippen LogP contribution in [0.25, 0.3) is 0 Å². The van der Waals surface area contributed by atoms with Crippen LogP contribution in [0.15, 0.2) is 0 Å². The summed E-state index contributed by atoms with van der Waals surface area (Å²) in [5.41, 5.74) is -5.08. The fourth-order valence-electron chi connectivity index (χ4n) is 0. The van der Waals surface area contributed by atoms with Crippen molar-refractivity contribution in [3.8, 4) is 0 Å². The van der Waals surface area contributed by atoms with Crippen molar-refractivity contribution in [1.29, 1.82) is 0 Å². The van der Waals surface area contributed by atoms with Crippen LogP contribution < -0.4 is 0 Å². The first-order valence-electron chi connectivity index (χ1n) is 1.61. The monoisotopic (exact) mass is 570 g/mol. The fraction of sp³-hybridized carbons (Fsp3) is 1.00. The molecule has 14 heavy (non-hydrogen) atoms. The summed E-state index contributed by atoms with van der Waals surface area (Å²) in [7, 11) is 11.0. The minimum atomic E-state index is -5.08. The second-order valence-corrected chi connectivity index (χ2v) is 12.1. The summed E-state index contributed by atoms with van der Waals surface area (Å²) in [5.74, 6) is 0. The number of rotatable bonds is 0. The molecule has 0 rings (SSSR count). The maximum atomic E-state index is 10.6. The van der Waals surface area contributed by atoms with E-state index in [1.54, 1.807) is 21.0 Å². The molecule has 0 aliphatic carbocycles. The van der Waals surface area contributed by atoms with Crippen molar-refractivity contribution in [2.45, 2.75) is 12.9 Å². The van der Waals surface area contributed by atoms with Gasteiger partial charge in [-0.25, -0.2) is 0 Å². The van der Waals surface area contributed by atoms with E-state index in [1.807, 2.05) is 0 Å². The molecule has 3 nitrogen and oxygen atoms in total. The molecule has 99 valence electrons. The van der Waals surface area contributed by atoms with E-state index in [9.17, 15) is 13.2 Å². The molecule has 0 aromatic rings. The van der Waals surface area contributed by atoms with Gasteiger partial charge in [-0.15, -0.1) is 0 Å². The Kier molecular flexibility index (Phi) is 26.3. The van der Waals surface area contributed by atoms with Gasteiger partial charge in [0.2, 0.25) is 0 Å². The van der Waals surface area contributed by atoms with Gasteiger partial charge in [0.05, 0.1) is 0 Å². The van der Waals surface area contributed by atoms with E-state index in [1.165, 1.54) is 0 Å². The van der Waals surface area contributed by atoms with Crippen LogP contribution in [-0.4, -0.2) is 5.51 Å². The Hall–Kier alpha value is 1.80. The Morgan fingerprint density at radius 2 is 1.14 bits per heavy atom. The zero-order valence-corrected chi connectivity index (χ0v) is 12.0. The van der Waals surface area contributed by atoms with Gasteiger partial charge in [-0.3, -0.25) is 0 Å². The number of hydrogen-bond acceptors (Lipinski definition) is 4. The molecule has 0 aliphatic heterocycles. The second kappa shape index (κ2) is 14.8. The first-order chi connectivity index (χ1) is 5.68. The quantitative estimate of drug-likeness (QED) is 0.331. The van der Waals surface area contributed by atoms with Crippen LogP contribution >= 0.6 is 28.8 Å². The number of hydrogen-bond donors (Lipinski definition) is 0. The Labute approximate surface area is 111 Å². The molecular formula is C2H4AgCl3F3IrO3S-. The SMILES string of the molecule is C.O=[S-](=O)C(F)(F)F.[Cl][Ir]([Cl])[Cl].[O]=[Ag]. The van der Waals surface area contributed by atoms with Crippen molar-refractivity contribution in [1.82, 2.24) is 0 Å². The fourth-order valence-corrected chi connectivity index (χ4v) is 0. The summed E-state index contributed by atoms with van der Waals surface area (Å²) in [6.45, 7) is 0. The molecule has 0 bridgehead atoms. The van der Waals surface area contributed by atoms with Gasteiger partial charge >= 0.3 is 72.0 Å². The third-order valence-corrected chi connectivity index (χ3v) is 0.567. The first kappa shape index (κ1) is 24.9. The van der Waals surface area contributed by atoms with Gasteiger partial charge in [-0.05, 0) is 0 Å². The second-order valence-electron chi connectivity index (χ2n) is 0.823. The zero-order valence-electron chi connectivity index (χ0n) is 5.04. The van der Waals surface area contributed by atoms with Crippen molar-refractivity contribution in [2.75, 3.05) is 0 Å². The Morgan fingerprint density at radius 3 is 1.14 bits per heavy atom. The molecule has 0 aromatic heterocycles. The zero-order chi connectivity index (χ0) is 11.7. The predicted octanol–water partition coefficient (Wildman–Crippen LogP) is 3.40. The molecule has 0 atom stereocenters. The molecular weight excluding hydrogens is 568 g/mol. The summed E-state index contributed by atoms with van der Waals surface area (Å²) >= 11 is -0.217. The topological polar surface area (TPSA) is 51.2 Å². The molecule has 0 radical (unpaired) electrons. The molecule has 0 saturated heterocycles. The van der Waals surface area contributed by atoms with E-state index < -0.39 is 29.7 Å². The Bertz CT molecular complexity index is 178. The van der Waals surface area contributed by atoms with Crippen molar-refractivity contribution in [3.63, 3.8) is 0 Å². The van der Waals surface area contributed by atoms with E-state index in [4.69, 9.17) is 40.4 Å². The van der Waals surface area contributed by atoms with Crippen molar-refractivity contribution < 1.29 is 59.3 Å². The third kappa shape index (κ3) is 37.2. The van der Waals surface area contributed by atoms with Gasteiger partial charge < -0.3 is 8.42 Å². The maximum absolute atomic E-state index is 10.6. The molecule has 0 aliphatic rings. The number of halogens is 6. The van der Waals surface area contributed by atoms with Gasteiger partial charge in [-0.2, -0.15) is 13.2 Å². The molecule has 0 aromatic carbocycles.